The third kappa shape index (κ3) is 5.80. The zero-order chi connectivity index (χ0) is 20.9. The van der Waals surface area contributed by atoms with Crippen molar-refractivity contribution in [2.45, 2.75) is 39.3 Å². The van der Waals surface area contributed by atoms with Crippen molar-refractivity contribution in [3.05, 3.63) is 32.4 Å². The molecule has 0 aliphatic heterocycles. The number of nitro groups is 2. The van der Waals surface area contributed by atoms with Gasteiger partial charge < -0.3 is 21.5 Å². The number of amides is 1. The van der Waals surface area contributed by atoms with E-state index in [1.807, 2.05) is 0 Å². The Bertz CT molecular complexity index is 765. The Hall–Kier alpha value is -3.44. The summed E-state index contributed by atoms with van der Waals surface area (Å²) in [6.45, 7) is 4.91. The van der Waals surface area contributed by atoms with Crippen molar-refractivity contribution in [2.24, 2.45) is 11.7 Å². The predicted octanol–water partition coefficient (Wildman–Crippen LogP) is 1.70. The number of nitrogens with zero attached hydrogens (tertiary/aromatic N) is 2. The van der Waals surface area contributed by atoms with Crippen molar-refractivity contribution in [1.29, 1.82) is 0 Å². The molecule has 5 N–H and O–H groups in total. The van der Waals surface area contributed by atoms with E-state index in [9.17, 15) is 34.9 Å². The number of rotatable bonds is 10. The second kappa shape index (κ2) is 8.78. The van der Waals surface area contributed by atoms with Crippen LogP contribution in [0.2, 0.25) is 0 Å². The summed E-state index contributed by atoms with van der Waals surface area (Å²) in [4.78, 5) is 43.6. The van der Waals surface area contributed by atoms with E-state index in [0.717, 1.165) is 12.1 Å². The quantitative estimate of drug-likeness (QED) is 0.344. The van der Waals surface area contributed by atoms with Gasteiger partial charge in [-0.3, -0.25) is 25.0 Å². The van der Waals surface area contributed by atoms with Crippen LogP contribution >= 0.6 is 0 Å². The van der Waals surface area contributed by atoms with E-state index in [1.54, 1.807) is 13.8 Å². The molecule has 1 aromatic carbocycles. The summed E-state index contributed by atoms with van der Waals surface area (Å²) >= 11 is 0. The van der Waals surface area contributed by atoms with E-state index in [1.165, 1.54) is 6.92 Å². The maximum Gasteiger partial charge on any atom is 0.326 e. The van der Waals surface area contributed by atoms with E-state index < -0.39 is 45.2 Å². The van der Waals surface area contributed by atoms with E-state index >= 15 is 0 Å². The molecule has 0 radical (unpaired) electrons. The largest absolute Gasteiger partial charge is 0.480 e. The van der Waals surface area contributed by atoms with E-state index in [4.69, 9.17) is 5.73 Å². The molecule has 1 aromatic rings. The molecule has 0 saturated heterocycles. The molecule has 0 bridgehead atoms. The van der Waals surface area contributed by atoms with Crippen LogP contribution in [0, 0.1) is 26.1 Å². The molecule has 0 fully saturated rings. The van der Waals surface area contributed by atoms with E-state index in [2.05, 4.69) is 10.6 Å². The fourth-order valence-corrected chi connectivity index (χ4v) is 2.30. The van der Waals surface area contributed by atoms with Crippen LogP contribution in [0.3, 0.4) is 0 Å². The zero-order valence-electron chi connectivity index (χ0n) is 15.0. The molecule has 0 spiro atoms. The van der Waals surface area contributed by atoms with Crippen LogP contribution in [0.25, 0.3) is 0 Å². The monoisotopic (exact) mass is 383 g/mol. The summed E-state index contributed by atoms with van der Waals surface area (Å²) in [6, 6.07) is -0.506. The number of nitrogens with two attached hydrogens (primary N) is 1. The van der Waals surface area contributed by atoms with Crippen molar-refractivity contribution in [1.82, 2.24) is 0 Å². The number of nitro benzene ring substituents is 2. The number of carbonyl (C=O) groups is 2. The van der Waals surface area contributed by atoms with Crippen LogP contribution in [0.1, 0.15) is 27.2 Å². The molecule has 12 heteroatoms. The molecule has 0 heterocycles. The lowest BCUT2D eigenvalue weighted by Gasteiger charge is -2.21. The molecule has 1 amide bonds. The average Bonchev–Trinajstić information content (AvgIpc) is 2.53. The van der Waals surface area contributed by atoms with Gasteiger partial charge in [0, 0.05) is 6.07 Å². The Morgan fingerprint density at radius 2 is 1.74 bits per heavy atom. The highest BCUT2D eigenvalue weighted by Gasteiger charge is 2.29. The Labute approximate surface area is 154 Å². The zero-order valence-corrected chi connectivity index (χ0v) is 15.0. The summed E-state index contributed by atoms with van der Waals surface area (Å²) in [5.74, 6) is -2.08. The molecule has 148 valence electrons. The molecular weight excluding hydrogens is 362 g/mol. The van der Waals surface area contributed by atoms with Gasteiger partial charge in [-0.05, 0) is 19.3 Å². The standard InChI is InChI=1S/C15H21N5O7/c1-7(2)4-11(15(22)23)18-10-5-9(19(24)25)6-12(20(26)27)13(10)17-8(3)14(16)21/h5-8,11,17-18H,4H2,1-3H3,(H2,16,21)(H,22,23)/t8-,11+/m0/s1. The van der Waals surface area contributed by atoms with E-state index in [0.29, 0.717) is 0 Å². The smallest absolute Gasteiger partial charge is 0.326 e. The number of hydrogen-bond donors (Lipinski definition) is 4. The molecule has 2 atom stereocenters. The first kappa shape index (κ1) is 21.6. The third-order valence-electron chi connectivity index (χ3n) is 3.63. The molecule has 0 saturated carbocycles. The number of non-ortho nitro benzene ring substituents is 1. The number of carboxylic acid groups (broad SMARTS) is 1. The summed E-state index contributed by atoms with van der Waals surface area (Å²) in [6.07, 6.45) is 0.163. The maximum absolute atomic E-state index is 11.5. The van der Waals surface area contributed by atoms with E-state index in [-0.39, 0.29) is 23.7 Å². The van der Waals surface area contributed by atoms with Gasteiger partial charge in [0.2, 0.25) is 5.91 Å². The second-order valence-electron chi connectivity index (χ2n) is 6.33. The highest BCUT2D eigenvalue weighted by Crippen LogP contribution is 2.38. The Morgan fingerprint density at radius 3 is 2.15 bits per heavy atom. The van der Waals surface area contributed by atoms with Crippen molar-refractivity contribution < 1.29 is 24.5 Å². The molecule has 12 nitrogen and oxygen atoms in total. The number of carboxylic acids is 1. The van der Waals surface area contributed by atoms with Crippen molar-refractivity contribution in [2.75, 3.05) is 10.6 Å². The number of nitrogens with one attached hydrogen (secondary N) is 2. The minimum Gasteiger partial charge on any atom is -0.480 e. The molecule has 0 unspecified atom stereocenters. The first-order chi connectivity index (χ1) is 12.4. The van der Waals surface area contributed by atoms with Gasteiger partial charge in [-0.25, -0.2) is 4.79 Å². The minimum atomic E-state index is -1.23. The number of anilines is 2. The lowest BCUT2D eigenvalue weighted by atomic mass is 10.0. The first-order valence-corrected chi connectivity index (χ1v) is 7.96. The summed E-state index contributed by atoms with van der Waals surface area (Å²) in [7, 11) is 0. The molecular formula is C15H21N5O7. The van der Waals surface area contributed by atoms with Gasteiger partial charge >= 0.3 is 11.7 Å². The van der Waals surface area contributed by atoms with Crippen LogP contribution in [0.5, 0.6) is 0 Å². The number of aliphatic carboxylic acids is 1. The fourth-order valence-electron chi connectivity index (χ4n) is 2.30. The number of carbonyl (C=O) groups excluding carboxylic acids is 1. The lowest BCUT2D eigenvalue weighted by Crippen LogP contribution is -2.34. The summed E-state index contributed by atoms with van der Waals surface area (Å²) in [5.41, 5.74) is 3.43. The SMILES string of the molecule is CC(C)C[C@@H](Nc1cc([N+](=O)[O-])cc([N+](=O)[O-])c1N[C@@H](C)C(N)=O)C(=O)O. The van der Waals surface area contributed by atoms with Crippen LogP contribution < -0.4 is 16.4 Å². The first-order valence-electron chi connectivity index (χ1n) is 7.96. The van der Waals surface area contributed by atoms with Gasteiger partial charge in [0.05, 0.1) is 21.6 Å². The normalized spacial score (nSPS) is 12.9. The number of benzene rings is 1. The third-order valence-corrected chi connectivity index (χ3v) is 3.63. The Kier molecular flexibility index (Phi) is 7.02. The lowest BCUT2D eigenvalue weighted by molar-refractivity contribution is -0.393. The minimum absolute atomic E-state index is 0.0340. The Balaban J connectivity index is 3.55. The van der Waals surface area contributed by atoms with Crippen molar-refractivity contribution in [3.63, 3.8) is 0 Å². The van der Waals surface area contributed by atoms with Crippen molar-refractivity contribution in [3.8, 4) is 0 Å². The van der Waals surface area contributed by atoms with Crippen LogP contribution in [-0.4, -0.2) is 38.9 Å². The number of primary amides is 1. The maximum atomic E-state index is 11.5. The highest BCUT2D eigenvalue weighted by molar-refractivity contribution is 5.89. The van der Waals surface area contributed by atoms with Crippen LogP contribution in [0.15, 0.2) is 12.1 Å². The van der Waals surface area contributed by atoms with Crippen molar-refractivity contribution >= 4 is 34.6 Å². The van der Waals surface area contributed by atoms with Crippen LogP contribution in [0.4, 0.5) is 22.7 Å². The van der Waals surface area contributed by atoms with Gasteiger partial charge in [-0.15, -0.1) is 0 Å². The molecule has 27 heavy (non-hydrogen) atoms. The van der Waals surface area contributed by atoms with Gasteiger partial charge in [0.1, 0.15) is 17.8 Å². The molecule has 0 aromatic heterocycles. The summed E-state index contributed by atoms with van der Waals surface area (Å²) in [5, 5.41) is 37.0. The number of hydrogen-bond acceptors (Lipinski definition) is 8. The van der Waals surface area contributed by atoms with Gasteiger partial charge in [0.15, 0.2) is 0 Å². The van der Waals surface area contributed by atoms with Gasteiger partial charge in [-0.2, -0.15) is 0 Å². The summed E-state index contributed by atoms with van der Waals surface area (Å²) < 4.78 is 0. The predicted molar refractivity (Wildman–Crippen MR) is 96.5 cm³/mol. The topological polar surface area (TPSA) is 191 Å². The van der Waals surface area contributed by atoms with Gasteiger partial charge in [-0.1, -0.05) is 13.8 Å². The Morgan fingerprint density at radius 1 is 1.15 bits per heavy atom. The molecule has 1 rings (SSSR count). The molecule has 0 aliphatic carbocycles. The fraction of sp³-hybridized carbons (Fsp3) is 0.467. The van der Waals surface area contributed by atoms with Gasteiger partial charge in [0.25, 0.3) is 5.69 Å². The molecule has 0 aliphatic rings. The average molecular weight is 383 g/mol. The highest BCUT2D eigenvalue weighted by atomic mass is 16.6. The second-order valence-corrected chi connectivity index (χ2v) is 6.33. The van der Waals surface area contributed by atoms with Crippen LogP contribution in [-0.2, 0) is 9.59 Å².